The standard InChI is InChI=1S/C15H20N4O3S2/c1-2-3-9-14-18-19-15(23-14)17-13(20)10-11-16-24(21,22)12-7-5-4-6-8-12/h4-8,16H,2-3,9-11H2,1H3,(H,17,19,20). The first-order valence-electron chi connectivity index (χ1n) is 7.68. The fraction of sp³-hybridized carbons (Fsp3) is 0.400. The molecule has 0 saturated heterocycles. The Hall–Kier alpha value is -1.84. The SMILES string of the molecule is CCCCc1nnc(NC(=O)CCNS(=O)(=O)c2ccccc2)s1. The number of nitrogens with zero attached hydrogens (tertiary/aromatic N) is 2. The summed E-state index contributed by atoms with van der Waals surface area (Å²) in [4.78, 5) is 12.0. The van der Waals surface area contributed by atoms with Crippen molar-refractivity contribution in [1.82, 2.24) is 14.9 Å². The van der Waals surface area contributed by atoms with Gasteiger partial charge in [-0.25, -0.2) is 13.1 Å². The van der Waals surface area contributed by atoms with Crippen LogP contribution in [0.1, 0.15) is 31.2 Å². The molecule has 0 aliphatic carbocycles. The summed E-state index contributed by atoms with van der Waals surface area (Å²) < 4.78 is 26.4. The molecule has 0 aliphatic heterocycles. The maximum Gasteiger partial charge on any atom is 0.240 e. The molecule has 1 heterocycles. The van der Waals surface area contributed by atoms with Gasteiger partial charge in [-0.3, -0.25) is 4.79 Å². The van der Waals surface area contributed by atoms with Gasteiger partial charge in [-0.05, 0) is 18.6 Å². The molecule has 0 atom stereocenters. The number of sulfonamides is 1. The third-order valence-electron chi connectivity index (χ3n) is 3.16. The summed E-state index contributed by atoms with van der Waals surface area (Å²) >= 11 is 1.34. The predicted octanol–water partition coefficient (Wildman–Crippen LogP) is 2.19. The monoisotopic (exact) mass is 368 g/mol. The predicted molar refractivity (Wildman–Crippen MR) is 93.4 cm³/mol. The molecule has 0 unspecified atom stereocenters. The van der Waals surface area contributed by atoms with E-state index in [9.17, 15) is 13.2 Å². The molecule has 130 valence electrons. The molecule has 1 amide bonds. The Morgan fingerprint density at radius 2 is 1.96 bits per heavy atom. The number of nitrogens with one attached hydrogen (secondary N) is 2. The van der Waals surface area contributed by atoms with Crippen molar-refractivity contribution in [2.75, 3.05) is 11.9 Å². The molecule has 2 N–H and O–H groups in total. The number of anilines is 1. The van der Waals surface area contributed by atoms with Gasteiger partial charge in [-0.15, -0.1) is 10.2 Å². The number of unbranched alkanes of at least 4 members (excludes halogenated alkanes) is 1. The van der Waals surface area contributed by atoms with E-state index in [1.165, 1.54) is 23.5 Å². The third-order valence-corrected chi connectivity index (χ3v) is 5.53. The van der Waals surface area contributed by atoms with E-state index in [-0.39, 0.29) is 23.8 Å². The second-order valence-electron chi connectivity index (χ2n) is 5.11. The first-order chi connectivity index (χ1) is 11.5. The van der Waals surface area contributed by atoms with Crippen LogP contribution in [0.25, 0.3) is 0 Å². The van der Waals surface area contributed by atoms with E-state index in [2.05, 4.69) is 27.2 Å². The lowest BCUT2D eigenvalue weighted by atomic mass is 10.3. The minimum atomic E-state index is -3.59. The summed E-state index contributed by atoms with van der Waals surface area (Å²) in [6.45, 7) is 2.12. The van der Waals surface area contributed by atoms with Crippen LogP contribution in [0.3, 0.4) is 0 Å². The summed E-state index contributed by atoms with van der Waals surface area (Å²) in [6.07, 6.45) is 2.98. The Labute approximate surface area is 145 Å². The number of carbonyl (C=O) groups is 1. The van der Waals surface area contributed by atoms with E-state index in [0.29, 0.717) is 5.13 Å². The minimum absolute atomic E-state index is 0.0184. The molecule has 7 nitrogen and oxygen atoms in total. The topological polar surface area (TPSA) is 101 Å². The van der Waals surface area contributed by atoms with E-state index in [1.54, 1.807) is 18.2 Å². The Bertz CT molecular complexity index is 760. The zero-order valence-corrected chi connectivity index (χ0v) is 15.0. The zero-order valence-electron chi connectivity index (χ0n) is 13.4. The van der Waals surface area contributed by atoms with Crippen LogP contribution >= 0.6 is 11.3 Å². The van der Waals surface area contributed by atoms with Crippen molar-refractivity contribution < 1.29 is 13.2 Å². The highest BCUT2D eigenvalue weighted by molar-refractivity contribution is 7.89. The normalized spacial score (nSPS) is 11.4. The number of carbonyl (C=O) groups excluding carboxylic acids is 1. The Morgan fingerprint density at radius 3 is 2.67 bits per heavy atom. The van der Waals surface area contributed by atoms with Crippen molar-refractivity contribution >= 4 is 32.4 Å². The second-order valence-corrected chi connectivity index (χ2v) is 7.94. The maximum atomic E-state index is 12.0. The number of hydrogen-bond acceptors (Lipinski definition) is 6. The van der Waals surface area contributed by atoms with Gasteiger partial charge >= 0.3 is 0 Å². The average molecular weight is 368 g/mol. The van der Waals surface area contributed by atoms with Crippen molar-refractivity contribution in [2.45, 2.75) is 37.5 Å². The van der Waals surface area contributed by atoms with Crippen LogP contribution in [-0.4, -0.2) is 31.1 Å². The van der Waals surface area contributed by atoms with E-state index in [0.717, 1.165) is 24.3 Å². The molecule has 2 rings (SSSR count). The Kier molecular flexibility index (Phi) is 6.83. The molecule has 0 fully saturated rings. The highest BCUT2D eigenvalue weighted by atomic mass is 32.2. The quantitative estimate of drug-likeness (QED) is 0.706. The molecule has 9 heteroatoms. The molecule has 24 heavy (non-hydrogen) atoms. The number of amides is 1. The summed E-state index contributed by atoms with van der Waals surface area (Å²) in [5.41, 5.74) is 0. The molecule has 1 aromatic heterocycles. The van der Waals surface area contributed by atoms with Crippen molar-refractivity contribution in [1.29, 1.82) is 0 Å². The molecule has 0 bridgehead atoms. The van der Waals surface area contributed by atoms with Gasteiger partial charge < -0.3 is 5.32 Å². The van der Waals surface area contributed by atoms with Crippen LogP contribution in [0.2, 0.25) is 0 Å². The lowest BCUT2D eigenvalue weighted by Crippen LogP contribution is -2.27. The Balaban J connectivity index is 1.78. The van der Waals surface area contributed by atoms with Crippen LogP contribution in [0.15, 0.2) is 35.2 Å². The van der Waals surface area contributed by atoms with Gasteiger partial charge in [0, 0.05) is 19.4 Å². The maximum absolute atomic E-state index is 12.0. The number of benzene rings is 1. The van der Waals surface area contributed by atoms with Gasteiger partial charge in [0.15, 0.2) is 0 Å². The van der Waals surface area contributed by atoms with Gasteiger partial charge in [0.2, 0.25) is 21.1 Å². The minimum Gasteiger partial charge on any atom is -0.300 e. The van der Waals surface area contributed by atoms with Gasteiger partial charge in [0.25, 0.3) is 0 Å². The summed E-state index contributed by atoms with van der Waals surface area (Å²) in [5.74, 6) is -0.302. The van der Waals surface area contributed by atoms with E-state index >= 15 is 0 Å². The number of rotatable bonds is 9. The van der Waals surface area contributed by atoms with E-state index < -0.39 is 10.0 Å². The fourth-order valence-corrected chi connectivity index (χ4v) is 3.75. The summed E-state index contributed by atoms with van der Waals surface area (Å²) in [5, 5.41) is 11.9. The molecule has 0 radical (unpaired) electrons. The molecular weight excluding hydrogens is 348 g/mol. The van der Waals surface area contributed by atoms with Crippen LogP contribution in [0.4, 0.5) is 5.13 Å². The fourth-order valence-electron chi connectivity index (χ4n) is 1.90. The van der Waals surface area contributed by atoms with E-state index in [1.807, 2.05) is 0 Å². The number of hydrogen-bond donors (Lipinski definition) is 2. The Morgan fingerprint density at radius 1 is 1.21 bits per heavy atom. The lowest BCUT2D eigenvalue weighted by molar-refractivity contribution is -0.116. The van der Waals surface area contributed by atoms with Crippen molar-refractivity contribution in [3.8, 4) is 0 Å². The number of aromatic nitrogens is 2. The van der Waals surface area contributed by atoms with Crippen LogP contribution in [0, 0.1) is 0 Å². The summed E-state index contributed by atoms with van der Waals surface area (Å²) in [6, 6.07) is 8.03. The van der Waals surface area contributed by atoms with Crippen molar-refractivity contribution in [3.63, 3.8) is 0 Å². The van der Waals surface area contributed by atoms with Crippen LogP contribution in [0.5, 0.6) is 0 Å². The molecular formula is C15H20N4O3S2. The van der Waals surface area contributed by atoms with Crippen LogP contribution < -0.4 is 10.0 Å². The van der Waals surface area contributed by atoms with Gasteiger partial charge in [0.1, 0.15) is 5.01 Å². The molecule has 0 saturated carbocycles. The molecule has 2 aromatic rings. The third kappa shape index (κ3) is 5.66. The van der Waals surface area contributed by atoms with Gasteiger partial charge in [-0.1, -0.05) is 42.9 Å². The van der Waals surface area contributed by atoms with Gasteiger partial charge in [0.05, 0.1) is 4.90 Å². The molecule has 0 spiro atoms. The summed E-state index contributed by atoms with van der Waals surface area (Å²) in [7, 11) is -3.59. The zero-order chi connectivity index (χ0) is 17.4. The van der Waals surface area contributed by atoms with Gasteiger partial charge in [-0.2, -0.15) is 0 Å². The first-order valence-corrected chi connectivity index (χ1v) is 9.98. The second kappa shape index (κ2) is 8.86. The average Bonchev–Trinajstić information content (AvgIpc) is 3.01. The largest absolute Gasteiger partial charge is 0.300 e. The number of aryl methyl sites for hydroxylation is 1. The van der Waals surface area contributed by atoms with E-state index in [4.69, 9.17) is 0 Å². The molecule has 0 aliphatic rings. The lowest BCUT2D eigenvalue weighted by Gasteiger charge is -2.06. The smallest absolute Gasteiger partial charge is 0.240 e. The molecule has 1 aromatic carbocycles. The highest BCUT2D eigenvalue weighted by Crippen LogP contribution is 2.17. The highest BCUT2D eigenvalue weighted by Gasteiger charge is 2.14. The first kappa shape index (κ1) is 18.5. The van der Waals surface area contributed by atoms with Crippen molar-refractivity contribution in [2.24, 2.45) is 0 Å². The van der Waals surface area contributed by atoms with Crippen molar-refractivity contribution in [3.05, 3.63) is 35.3 Å². The van der Waals surface area contributed by atoms with Crippen LogP contribution in [-0.2, 0) is 21.2 Å².